The number of aryl methyl sites for hydroxylation is 13. The van der Waals surface area contributed by atoms with Crippen molar-refractivity contribution in [3.05, 3.63) is 435 Å². The first kappa shape index (κ1) is 81.0. The fraction of sp³-hybridized carbons (Fsp3) is 0.113. The molecular formula is C115H104N12+6. The second kappa shape index (κ2) is 34.2. The van der Waals surface area contributed by atoms with Crippen LogP contribution in [0.3, 0.4) is 0 Å². The summed E-state index contributed by atoms with van der Waals surface area (Å²) in [6.45, 7) is 15.2. The highest BCUT2D eigenvalue weighted by Crippen LogP contribution is 2.38. The molecule has 0 fully saturated rings. The number of para-hydroxylation sites is 1. The van der Waals surface area contributed by atoms with Crippen LogP contribution in [0.1, 0.15) is 38.9 Å². The fourth-order valence-corrected chi connectivity index (χ4v) is 19.2. The van der Waals surface area contributed by atoms with Crippen LogP contribution in [0.2, 0.25) is 0 Å². The molecule has 0 bridgehead atoms. The molecule has 24 aromatic rings. The molecular weight excluding hydrogens is 1550 g/mol. The molecule has 127 heavy (non-hydrogen) atoms. The lowest BCUT2D eigenvalue weighted by Crippen LogP contribution is -2.32. The Labute approximate surface area is 740 Å². The molecule has 24 rings (SSSR count). The first-order chi connectivity index (χ1) is 61.9. The largest absolute Gasteiger partial charge is 0.324 e. The highest BCUT2D eigenvalue weighted by Gasteiger charge is 2.27. The number of pyridine rings is 12. The third-order valence-corrected chi connectivity index (χ3v) is 25.5. The smallest absolute Gasteiger partial charge is 0.222 e. The Morgan fingerprint density at radius 1 is 0.220 bits per heavy atom. The van der Waals surface area contributed by atoms with Gasteiger partial charge in [0.1, 0.15) is 42.3 Å². The van der Waals surface area contributed by atoms with Crippen molar-refractivity contribution in [3.8, 4) is 67.5 Å². The summed E-state index contributed by atoms with van der Waals surface area (Å²) in [5, 5.41) is 14.1. The van der Waals surface area contributed by atoms with Crippen LogP contribution >= 0.6 is 0 Å². The maximum atomic E-state index is 2.28. The number of hydrogen-bond donors (Lipinski definition) is 0. The first-order valence-electron chi connectivity index (χ1n) is 43.6. The van der Waals surface area contributed by atoms with Crippen LogP contribution in [-0.4, -0.2) is 26.4 Å². The number of nitrogens with zero attached hydrogens (tertiary/aromatic N) is 12. The van der Waals surface area contributed by atoms with E-state index in [1.165, 1.54) is 204 Å². The van der Waals surface area contributed by atoms with Gasteiger partial charge in [-0.3, -0.25) is 0 Å². The van der Waals surface area contributed by atoms with E-state index in [9.17, 15) is 0 Å². The molecule has 0 aliphatic carbocycles. The fourth-order valence-electron chi connectivity index (χ4n) is 19.2. The Kier molecular flexibility index (Phi) is 21.8. The van der Waals surface area contributed by atoms with Gasteiger partial charge in [0.25, 0.3) is 0 Å². The number of aromatic nitrogens is 12. The predicted octanol–water partition coefficient (Wildman–Crippen LogP) is 23.7. The van der Waals surface area contributed by atoms with E-state index in [1.807, 2.05) is 0 Å². The molecule has 0 aliphatic heterocycles. The van der Waals surface area contributed by atoms with Gasteiger partial charge < -0.3 is 26.4 Å². The summed E-state index contributed by atoms with van der Waals surface area (Å²) < 4.78 is 26.5. The van der Waals surface area contributed by atoms with Gasteiger partial charge in [0.2, 0.25) is 39.7 Å². The number of benzene rings is 6. The Morgan fingerprint density at radius 3 is 1.13 bits per heavy atom. The number of fused-ring (bicyclic) bond motifs is 12. The van der Waals surface area contributed by atoms with Crippen molar-refractivity contribution in [2.75, 3.05) is 0 Å². The number of rotatable bonds is 6. The lowest BCUT2D eigenvalue weighted by atomic mass is 10.00. The van der Waals surface area contributed by atoms with Gasteiger partial charge in [-0.2, -0.15) is 4.57 Å². The van der Waals surface area contributed by atoms with Crippen LogP contribution in [0.25, 0.3) is 165 Å². The second-order valence-corrected chi connectivity index (χ2v) is 33.7. The molecule has 0 saturated carbocycles. The molecule has 0 unspecified atom stereocenters. The van der Waals surface area contributed by atoms with Gasteiger partial charge in [0, 0.05) is 128 Å². The van der Waals surface area contributed by atoms with Gasteiger partial charge in [0.05, 0.1) is 87.9 Å². The molecule has 0 amide bonds. The van der Waals surface area contributed by atoms with Crippen LogP contribution in [0.15, 0.2) is 397 Å². The summed E-state index contributed by atoms with van der Waals surface area (Å²) in [6.07, 6.45) is 36.2. The maximum absolute atomic E-state index is 2.28. The van der Waals surface area contributed by atoms with E-state index in [0.717, 1.165) is 0 Å². The van der Waals surface area contributed by atoms with Crippen molar-refractivity contribution >= 4 is 97.9 Å². The molecule has 618 valence electrons. The van der Waals surface area contributed by atoms with Crippen molar-refractivity contribution < 1.29 is 27.4 Å². The Balaban J connectivity index is 0.0000000993. The van der Waals surface area contributed by atoms with E-state index in [1.54, 1.807) is 0 Å². The van der Waals surface area contributed by atoms with Crippen molar-refractivity contribution in [1.82, 2.24) is 26.4 Å². The van der Waals surface area contributed by atoms with E-state index in [2.05, 4.69) is 541 Å². The van der Waals surface area contributed by atoms with E-state index in [-0.39, 0.29) is 0 Å². The summed E-state index contributed by atoms with van der Waals surface area (Å²) >= 11 is 0. The lowest BCUT2D eigenvalue weighted by molar-refractivity contribution is -0.659. The molecule has 6 aromatic carbocycles. The van der Waals surface area contributed by atoms with Crippen LogP contribution in [0.5, 0.6) is 0 Å². The highest BCUT2D eigenvalue weighted by atomic mass is 15.0. The zero-order valence-electron chi connectivity index (χ0n) is 74.4. The molecule has 12 heteroatoms. The molecule has 18 aromatic heterocycles. The van der Waals surface area contributed by atoms with Crippen molar-refractivity contribution in [1.29, 1.82) is 0 Å². The van der Waals surface area contributed by atoms with Crippen molar-refractivity contribution in [3.63, 3.8) is 0 Å². The van der Waals surface area contributed by atoms with Gasteiger partial charge in [-0.15, -0.1) is 0 Å². The Bertz CT molecular complexity index is 8340. The van der Waals surface area contributed by atoms with Crippen LogP contribution in [0.4, 0.5) is 0 Å². The summed E-state index contributed by atoms with van der Waals surface area (Å²) in [7, 11) is 12.7. The SMILES string of the molecule is Cc1c(-c2c3ccccc3cc[n+]2C)ccn2cccc12.Cc1ccc2c(-c3ccn4cccc(C)c34)[n+](C)ccc2c1.Cc1cccn2ccc(-c3c4ccccc4cc[n+]3C)c12.Cc1ccn2cccc(-c3c4ccccc4cc[n+]3C)c12.Cc1ccn2cccc2c1-c1ccc2ccccc2[n+]1C.Cc1cn2ccccc2c1-c1c2ccccc2cc[n+]1C. The summed E-state index contributed by atoms with van der Waals surface area (Å²) in [5.41, 5.74) is 33.3. The quantitative estimate of drug-likeness (QED) is 0.149. The van der Waals surface area contributed by atoms with E-state index < -0.39 is 0 Å². The zero-order valence-corrected chi connectivity index (χ0v) is 74.4. The van der Waals surface area contributed by atoms with Gasteiger partial charge in [0.15, 0.2) is 31.0 Å². The third kappa shape index (κ3) is 15.2. The summed E-state index contributed by atoms with van der Waals surface area (Å²) in [6, 6.07) is 104. The third-order valence-electron chi connectivity index (χ3n) is 25.5. The first-order valence-corrected chi connectivity index (χ1v) is 43.6. The minimum absolute atomic E-state index is 1.25. The number of hydrogen-bond acceptors (Lipinski definition) is 0. The summed E-state index contributed by atoms with van der Waals surface area (Å²) in [4.78, 5) is 0. The van der Waals surface area contributed by atoms with Gasteiger partial charge in [-0.1, -0.05) is 121 Å². The molecule has 0 spiro atoms. The Morgan fingerprint density at radius 2 is 0.583 bits per heavy atom. The van der Waals surface area contributed by atoms with Gasteiger partial charge >= 0.3 is 0 Å². The molecule has 12 nitrogen and oxygen atoms in total. The zero-order chi connectivity index (χ0) is 87.3. The van der Waals surface area contributed by atoms with Crippen LogP contribution in [0, 0.1) is 48.5 Å². The molecule has 0 aliphatic rings. The monoisotopic (exact) mass is 1650 g/mol. The minimum atomic E-state index is 1.25. The molecule has 0 atom stereocenters. The van der Waals surface area contributed by atoms with E-state index >= 15 is 0 Å². The van der Waals surface area contributed by atoms with Gasteiger partial charge in [-0.25, -0.2) is 22.8 Å². The highest BCUT2D eigenvalue weighted by molar-refractivity contribution is 6.02. The van der Waals surface area contributed by atoms with Crippen LogP contribution < -0.4 is 27.4 Å². The Hall–Kier alpha value is -15.7. The topological polar surface area (TPSA) is 49.7 Å². The minimum Gasteiger partial charge on any atom is -0.324 e. The van der Waals surface area contributed by atoms with E-state index in [4.69, 9.17) is 0 Å². The lowest BCUT2D eigenvalue weighted by Gasteiger charge is -2.09. The predicted molar refractivity (Wildman–Crippen MR) is 522 cm³/mol. The van der Waals surface area contributed by atoms with E-state index in [0.29, 0.717) is 0 Å². The summed E-state index contributed by atoms with van der Waals surface area (Å²) in [5.74, 6) is 0. The second-order valence-electron chi connectivity index (χ2n) is 33.7. The van der Waals surface area contributed by atoms with Crippen LogP contribution in [-0.2, 0) is 42.3 Å². The molecule has 0 N–H and O–H groups in total. The van der Waals surface area contributed by atoms with Crippen molar-refractivity contribution in [2.24, 2.45) is 42.3 Å². The van der Waals surface area contributed by atoms with Crippen molar-refractivity contribution in [2.45, 2.75) is 48.5 Å². The molecule has 0 saturated heterocycles. The maximum Gasteiger partial charge on any atom is 0.222 e. The average molecular weight is 1650 g/mol. The normalized spacial score (nSPS) is 11.3. The molecule has 0 radical (unpaired) electrons. The molecule has 18 heterocycles. The van der Waals surface area contributed by atoms with Gasteiger partial charge in [-0.05, 0) is 242 Å². The average Bonchev–Trinajstić information content (AvgIpc) is 1.71. The standard InChI is InChI=1S/C20H19N2.5C19H17N2/c1-14-6-7-17-16(13-14)8-11-21(3)20(17)18-9-12-22-10-4-5-15(2)19(18)22;1-14-6-5-11-21-13-10-17(18(14)21)19-16-8-4-3-7-15(16)9-12-20(19)2;1-14-13-21-11-6-5-9-17(21)18(14)19-16-8-4-3-7-15(16)10-12-20(19)2;1-14-9-13-21-11-5-8-17(18(14)21)19-16-7-4-3-6-15(16)10-12-20(19)2;1-14-16(10-13-21-11-5-8-18(14)21)19-17-7-4-3-6-15(17)9-12-20(19)2;1-14-11-13-21-12-5-8-18(21)19(14)17-10-9-15-6-3-4-7-16(15)20(17)2/h4-13H,1-3H3;5*3-13H,1-2H3/q6*+1.